The molecule has 1 heteroatoms. The molecule has 0 bridgehead atoms. The number of aryl methyl sites for hydroxylation is 1. The predicted molar refractivity (Wildman–Crippen MR) is 120 cm³/mol. The predicted octanol–water partition coefficient (Wildman–Crippen LogP) is 7.46. The zero-order valence-electron chi connectivity index (χ0n) is 17.2. The maximum absolute atomic E-state index is 5.15. The first kappa shape index (κ1) is 17.2. The summed E-state index contributed by atoms with van der Waals surface area (Å²) in [5.41, 5.74) is 12.8. The van der Waals surface area contributed by atoms with Crippen LogP contribution in [-0.2, 0) is 5.41 Å². The van der Waals surface area contributed by atoms with Gasteiger partial charge in [-0.15, -0.1) is 0 Å². The Morgan fingerprint density at radius 1 is 0.750 bits per heavy atom. The minimum absolute atomic E-state index is 0.119. The van der Waals surface area contributed by atoms with Gasteiger partial charge in [-0.1, -0.05) is 69.3 Å². The summed E-state index contributed by atoms with van der Waals surface area (Å²) in [5, 5.41) is 1.31. The highest BCUT2D eigenvalue weighted by Gasteiger charge is 2.27. The number of fused-ring (bicyclic) bond motifs is 3. The second-order valence-corrected chi connectivity index (χ2v) is 8.99. The van der Waals surface area contributed by atoms with E-state index in [1.807, 2.05) is 0 Å². The summed E-state index contributed by atoms with van der Waals surface area (Å²) < 4.78 is 0. The Kier molecular flexibility index (Phi) is 3.55. The van der Waals surface area contributed by atoms with Crippen LogP contribution in [-0.4, -0.2) is 4.98 Å². The van der Waals surface area contributed by atoms with Crippen molar-refractivity contribution in [2.24, 2.45) is 0 Å². The summed E-state index contributed by atoms with van der Waals surface area (Å²) in [6, 6.07) is 22.1. The quantitative estimate of drug-likeness (QED) is 0.301. The van der Waals surface area contributed by atoms with E-state index in [1.54, 1.807) is 0 Å². The van der Waals surface area contributed by atoms with Crippen molar-refractivity contribution in [3.05, 3.63) is 77.4 Å². The summed E-state index contributed by atoms with van der Waals surface area (Å²) in [5.74, 6) is 0. The first-order chi connectivity index (χ1) is 13.4. The molecule has 5 rings (SSSR count). The average molecular weight is 364 g/mol. The minimum Gasteiger partial charge on any atom is -0.247 e. The molecule has 0 N–H and O–H groups in total. The highest BCUT2D eigenvalue weighted by Crippen LogP contribution is 2.51. The van der Waals surface area contributed by atoms with Gasteiger partial charge in [-0.25, -0.2) is 4.98 Å². The summed E-state index contributed by atoms with van der Waals surface area (Å²) in [7, 11) is 0. The van der Waals surface area contributed by atoms with E-state index in [2.05, 4.69) is 95.3 Å². The number of rotatable bonds is 1. The van der Waals surface area contributed by atoms with Crippen LogP contribution < -0.4 is 0 Å². The summed E-state index contributed by atoms with van der Waals surface area (Å²) in [4.78, 5) is 5.15. The van der Waals surface area contributed by atoms with E-state index < -0.39 is 0 Å². The molecule has 1 aromatic heterocycles. The molecule has 0 saturated carbocycles. The van der Waals surface area contributed by atoms with E-state index in [4.69, 9.17) is 4.98 Å². The average Bonchev–Trinajstić information content (AvgIpc) is 3.03. The third-order valence-electron chi connectivity index (χ3n) is 6.07. The van der Waals surface area contributed by atoms with Gasteiger partial charge in [-0.3, -0.25) is 0 Å². The number of benzene rings is 3. The number of hydrogen-bond donors (Lipinski definition) is 0. The van der Waals surface area contributed by atoms with Crippen molar-refractivity contribution in [1.29, 1.82) is 0 Å². The minimum atomic E-state index is 0.119. The van der Waals surface area contributed by atoms with Gasteiger partial charge in [0.15, 0.2) is 0 Å². The van der Waals surface area contributed by atoms with E-state index in [0.717, 1.165) is 11.2 Å². The maximum atomic E-state index is 5.15. The van der Waals surface area contributed by atoms with Crippen LogP contribution in [0.4, 0.5) is 0 Å². The first-order valence-corrected chi connectivity index (χ1v) is 10.0. The lowest BCUT2D eigenvalue weighted by molar-refractivity contribution is 0.590. The largest absolute Gasteiger partial charge is 0.247 e. The highest BCUT2D eigenvalue weighted by molar-refractivity contribution is 6.17. The Balaban J connectivity index is 1.86. The lowest BCUT2D eigenvalue weighted by Gasteiger charge is -2.20. The van der Waals surface area contributed by atoms with Crippen molar-refractivity contribution < 1.29 is 0 Å². The molecule has 1 nitrogen and oxygen atoms in total. The molecule has 0 spiro atoms. The lowest BCUT2D eigenvalue weighted by Crippen LogP contribution is -2.10. The molecule has 0 fully saturated rings. The first-order valence-electron chi connectivity index (χ1n) is 10.0. The van der Waals surface area contributed by atoms with E-state index in [1.165, 1.54) is 49.9 Å². The summed E-state index contributed by atoms with van der Waals surface area (Å²) in [6.45, 7) is 11.2. The second-order valence-electron chi connectivity index (χ2n) is 8.99. The number of pyridine rings is 1. The molecule has 0 unspecified atom stereocenters. The lowest BCUT2D eigenvalue weighted by atomic mass is 9.85. The van der Waals surface area contributed by atoms with Crippen LogP contribution in [0.3, 0.4) is 0 Å². The monoisotopic (exact) mass is 363 g/mol. The normalized spacial score (nSPS) is 12.5. The van der Waals surface area contributed by atoms with E-state index in [9.17, 15) is 0 Å². The number of hydrogen-bond acceptors (Lipinski definition) is 1. The Labute approximate surface area is 167 Å². The molecular weight excluding hydrogens is 338 g/mol. The van der Waals surface area contributed by atoms with Gasteiger partial charge in [0.05, 0.1) is 11.2 Å². The van der Waals surface area contributed by atoms with Crippen molar-refractivity contribution in [2.75, 3.05) is 0 Å². The SMILES string of the molecule is Cc1ccc2nc(-c3cccc(C(C)(C)C)c3)c(C)c3c2c1-c1ccccc1-3. The zero-order chi connectivity index (χ0) is 19.6. The number of aromatic nitrogens is 1. The van der Waals surface area contributed by atoms with Crippen molar-refractivity contribution in [2.45, 2.75) is 40.0 Å². The molecular formula is C27H25N. The van der Waals surface area contributed by atoms with Gasteiger partial charge in [0, 0.05) is 10.9 Å². The molecule has 0 amide bonds. The van der Waals surface area contributed by atoms with E-state index in [-0.39, 0.29) is 5.41 Å². The fraction of sp³-hybridized carbons (Fsp3) is 0.222. The molecule has 0 atom stereocenters. The van der Waals surface area contributed by atoms with Gasteiger partial charge in [0.1, 0.15) is 0 Å². The van der Waals surface area contributed by atoms with Crippen molar-refractivity contribution >= 4 is 10.9 Å². The molecule has 1 aliphatic carbocycles. The van der Waals surface area contributed by atoms with Crippen LogP contribution in [0.5, 0.6) is 0 Å². The van der Waals surface area contributed by atoms with E-state index in [0.29, 0.717) is 0 Å². The van der Waals surface area contributed by atoms with Crippen LogP contribution in [0.25, 0.3) is 44.4 Å². The third kappa shape index (κ3) is 2.36. The second kappa shape index (κ2) is 5.78. The zero-order valence-corrected chi connectivity index (χ0v) is 17.2. The Morgan fingerprint density at radius 2 is 1.46 bits per heavy atom. The molecule has 28 heavy (non-hydrogen) atoms. The topological polar surface area (TPSA) is 12.9 Å². The molecule has 4 aromatic rings. The molecule has 0 radical (unpaired) electrons. The van der Waals surface area contributed by atoms with Crippen LogP contribution in [0.15, 0.2) is 60.7 Å². The molecule has 0 saturated heterocycles. The number of nitrogens with zero attached hydrogens (tertiary/aromatic N) is 1. The third-order valence-corrected chi connectivity index (χ3v) is 6.07. The highest BCUT2D eigenvalue weighted by atomic mass is 14.7. The van der Waals surface area contributed by atoms with Crippen LogP contribution in [0.1, 0.15) is 37.5 Å². The van der Waals surface area contributed by atoms with E-state index >= 15 is 0 Å². The fourth-order valence-electron chi connectivity index (χ4n) is 4.57. The fourth-order valence-corrected chi connectivity index (χ4v) is 4.57. The van der Waals surface area contributed by atoms with Gasteiger partial charge in [-0.05, 0) is 70.3 Å². The van der Waals surface area contributed by atoms with Crippen molar-refractivity contribution in [1.82, 2.24) is 4.98 Å². The Bertz CT molecular complexity index is 1260. The van der Waals surface area contributed by atoms with Crippen molar-refractivity contribution in [3.8, 4) is 33.5 Å². The molecule has 1 aliphatic rings. The Hall–Kier alpha value is -2.93. The molecule has 0 aliphatic heterocycles. The van der Waals surface area contributed by atoms with Gasteiger partial charge in [-0.2, -0.15) is 0 Å². The molecule has 3 aromatic carbocycles. The van der Waals surface area contributed by atoms with Gasteiger partial charge >= 0.3 is 0 Å². The smallest absolute Gasteiger partial charge is 0.0745 e. The van der Waals surface area contributed by atoms with Gasteiger partial charge in [0.2, 0.25) is 0 Å². The summed E-state index contributed by atoms with van der Waals surface area (Å²) in [6.07, 6.45) is 0. The molecule has 1 heterocycles. The van der Waals surface area contributed by atoms with Crippen molar-refractivity contribution in [3.63, 3.8) is 0 Å². The Morgan fingerprint density at radius 3 is 2.18 bits per heavy atom. The maximum Gasteiger partial charge on any atom is 0.0745 e. The van der Waals surface area contributed by atoms with Gasteiger partial charge < -0.3 is 0 Å². The molecule has 138 valence electrons. The van der Waals surface area contributed by atoms with Crippen LogP contribution >= 0.6 is 0 Å². The van der Waals surface area contributed by atoms with Gasteiger partial charge in [0.25, 0.3) is 0 Å². The van der Waals surface area contributed by atoms with Crippen LogP contribution in [0.2, 0.25) is 0 Å². The standard InChI is InChI=1S/C27H25N/c1-16-13-14-22-25-23(16)20-11-6-7-12-21(20)24(25)17(2)26(28-22)18-9-8-10-19(15-18)27(3,4)5/h6-15H,1-5H3. The van der Waals surface area contributed by atoms with Crippen LogP contribution in [0, 0.1) is 13.8 Å². The summed E-state index contributed by atoms with van der Waals surface area (Å²) >= 11 is 0.